The van der Waals surface area contributed by atoms with E-state index in [-0.39, 0.29) is 0 Å². The van der Waals surface area contributed by atoms with E-state index in [1.54, 1.807) is 11.6 Å². The van der Waals surface area contributed by atoms with Crippen molar-refractivity contribution in [2.45, 2.75) is 43.8 Å². The zero-order valence-corrected chi connectivity index (χ0v) is 19.4. The Hall–Kier alpha value is -0.180. The van der Waals surface area contributed by atoms with Gasteiger partial charge in [0, 0.05) is 0 Å². The Morgan fingerprint density at radius 3 is 2.69 bits per heavy atom. The number of hydrogen-bond donors (Lipinski definition) is 1. The predicted molar refractivity (Wildman–Crippen MR) is 113 cm³/mol. The quantitative estimate of drug-likeness (QED) is 0.443. The summed E-state index contributed by atoms with van der Waals surface area (Å²) in [5.41, 5.74) is 3.02. The monoisotopic (exact) mass is 573 g/mol. The third-order valence-corrected chi connectivity index (χ3v) is 20.0. The van der Waals surface area contributed by atoms with Crippen LogP contribution in [0.15, 0.2) is 54.6 Å². The van der Waals surface area contributed by atoms with Gasteiger partial charge in [0.25, 0.3) is 0 Å². The van der Waals surface area contributed by atoms with Crippen LogP contribution in [-0.2, 0) is 0 Å². The van der Waals surface area contributed by atoms with Crippen LogP contribution in [-0.4, -0.2) is 32.5 Å². The molecule has 0 bridgehead atoms. The van der Waals surface area contributed by atoms with E-state index in [9.17, 15) is 0 Å². The summed E-state index contributed by atoms with van der Waals surface area (Å²) in [6, 6.07) is 22.9. The molecule has 5 rings (SSSR count). The molecule has 3 fully saturated rings. The Labute approximate surface area is 170 Å². The van der Waals surface area contributed by atoms with Gasteiger partial charge in [0.05, 0.1) is 0 Å². The Morgan fingerprint density at radius 1 is 1.00 bits per heavy atom. The van der Waals surface area contributed by atoms with E-state index in [1.165, 1.54) is 44.3 Å². The fraction of sp³-hybridized carbons (Fsp3) is 0.455. The van der Waals surface area contributed by atoms with Gasteiger partial charge in [-0.15, -0.1) is 0 Å². The zero-order valence-electron chi connectivity index (χ0n) is 15.1. The van der Waals surface area contributed by atoms with Crippen molar-refractivity contribution in [2.75, 3.05) is 15.5 Å². The number of fused-ring (bicyclic) bond motifs is 1. The molecule has 1 N–H and O–H groups in total. The van der Waals surface area contributed by atoms with E-state index >= 15 is 0 Å². The molecular formula is C22H27I2N2-. The number of halogens is 2. The second-order valence-corrected chi connectivity index (χ2v) is 26.0. The van der Waals surface area contributed by atoms with E-state index in [2.05, 4.69) is 64.8 Å². The van der Waals surface area contributed by atoms with Gasteiger partial charge in [-0.1, -0.05) is 0 Å². The van der Waals surface area contributed by atoms with Crippen molar-refractivity contribution in [3.8, 4) is 0 Å². The molecule has 3 saturated heterocycles. The number of benzene rings is 2. The summed E-state index contributed by atoms with van der Waals surface area (Å²) in [6.45, 7) is 2.43. The summed E-state index contributed by atoms with van der Waals surface area (Å²) in [5.74, 6) is 0. The van der Waals surface area contributed by atoms with E-state index in [4.69, 9.17) is 0 Å². The molecule has 3 aliphatic rings. The number of nitrogens with one attached hydrogen (secondary N) is 1. The first-order chi connectivity index (χ1) is 12.9. The third-order valence-electron chi connectivity index (χ3n) is 5.97. The molecule has 0 amide bonds. The van der Waals surface area contributed by atoms with Crippen molar-refractivity contribution in [2.24, 2.45) is 0 Å². The van der Waals surface area contributed by atoms with Gasteiger partial charge in [-0.3, -0.25) is 0 Å². The average Bonchev–Trinajstić information content (AvgIpc) is 3.50. The predicted octanol–water partition coefficient (Wildman–Crippen LogP) is 1.64. The zero-order chi connectivity index (χ0) is 17.3. The van der Waals surface area contributed by atoms with Gasteiger partial charge in [-0.2, -0.15) is 0 Å². The number of likely N-dealkylation sites (tertiary alicyclic amines) is 1. The minimum atomic E-state index is -0.608. The molecule has 0 aromatic heterocycles. The molecule has 140 valence electrons. The van der Waals surface area contributed by atoms with Crippen LogP contribution >= 0.6 is 15.8 Å². The van der Waals surface area contributed by atoms with Gasteiger partial charge < -0.3 is 0 Å². The van der Waals surface area contributed by atoms with E-state index < -0.39 is 15.8 Å². The second-order valence-electron chi connectivity index (χ2n) is 7.53. The molecule has 0 saturated carbocycles. The Kier molecular flexibility index (Phi) is 5.54. The number of alkyl halides is 2. The van der Waals surface area contributed by atoms with E-state index in [0.29, 0.717) is 35.4 Å². The van der Waals surface area contributed by atoms with Gasteiger partial charge >= 0.3 is 172 Å². The third kappa shape index (κ3) is 3.71. The van der Waals surface area contributed by atoms with E-state index in [1.807, 2.05) is 0 Å². The van der Waals surface area contributed by atoms with Crippen molar-refractivity contribution in [3.05, 3.63) is 69.3 Å². The first-order valence-corrected chi connectivity index (χ1v) is 20.2. The maximum atomic E-state index is 3.84. The van der Waals surface area contributed by atoms with Crippen LogP contribution in [0.1, 0.15) is 42.9 Å². The van der Waals surface area contributed by atoms with Gasteiger partial charge in [0.15, 0.2) is 0 Å². The molecule has 3 atom stereocenters. The first kappa shape index (κ1) is 17.9. The molecule has 26 heavy (non-hydrogen) atoms. The van der Waals surface area contributed by atoms with Crippen LogP contribution in [0.4, 0.5) is 0 Å². The molecule has 2 aromatic carbocycles. The molecule has 1 unspecified atom stereocenters. The van der Waals surface area contributed by atoms with Gasteiger partial charge in [0.1, 0.15) is 0 Å². The summed E-state index contributed by atoms with van der Waals surface area (Å²) in [4.78, 5) is 2.84. The number of nitrogens with zero attached hydrogens (tertiary/aromatic N) is 1. The molecule has 2 nitrogen and oxygen atoms in total. The molecule has 4 heteroatoms. The van der Waals surface area contributed by atoms with E-state index in [0.717, 1.165) is 0 Å². The number of rotatable bonds is 4. The molecule has 0 radical (unpaired) electrons. The van der Waals surface area contributed by atoms with Crippen molar-refractivity contribution < 1.29 is 17.2 Å². The SMILES string of the molecule is c1ccc(C(c2cccc(I3C[I-]3)c2)N2CC[C@H]3NCCCC[C@H]32)cc1. The van der Waals surface area contributed by atoms with Crippen LogP contribution in [0, 0.1) is 3.57 Å². The summed E-state index contributed by atoms with van der Waals surface area (Å²) >= 11 is 0.00468. The van der Waals surface area contributed by atoms with Crippen molar-refractivity contribution in [1.29, 1.82) is 0 Å². The van der Waals surface area contributed by atoms with Crippen LogP contribution in [0.2, 0.25) is 0 Å². The summed E-state index contributed by atoms with van der Waals surface area (Å²) in [6.07, 6.45) is 5.36. The fourth-order valence-corrected chi connectivity index (χ4v) is 18.6. The second kappa shape index (κ2) is 8.05. The summed E-state index contributed by atoms with van der Waals surface area (Å²) < 4.78 is 3.40. The summed E-state index contributed by atoms with van der Waals surface area (Å²) in [7, 11) is 0. The van der Waals surface area contributed by atoms with Crippen molar-refractivity contribution in [1.82, 2.24) is 10.2 Å². The molecule has 2 aromatic rings. The van der Waals surface area contributed by atoms with Gasteiger partial charge in [-0.25, -0.2) is 0 Å². The van der Waals surface area contributed by atoms with Crippen LogP contribution in [0.3, 0.4) is 0 Å². The minimum absolute atomic E-state index is 0.431. The van der Waals surface area contributed by atoms with Gasteiger partial charge in [0.2, 0.25) is 0 Å². The molecule has 3 heterocycles. The van der Waals surface area contributed by atoms with Gasteiger partial charge in [-0.05, 0) is 0 Å². The molecule has 3 aliphatic heterocycles. The van der Waals surface area contributed by atoms with Crippen LogP contribution < -0.4 is 22.5 Å². The Balaban J connectivity index is 1.53. The molecule has 0 spiro atoms. The maximum absolute atomic E-state index is 3.84. The molecule has 0 aliphatic carbocycles. The van der Waals surface area contributed by atoms with Crippen molar-refractivity contribution in [3.63, 3.8) is 0 Å². The average molecular weight is 573 g/mol. The summed E-state index contributed by atoms with van der Waals surface area (Å²) in [5, 5.41) is 3.84. The Bertz CT molecular complexity index is 747. The fourth-order valence-electron chi connectivity index (χ4n) is 4.72. The van der Waals surface area contributed by atoms with Crippen LogP contribution in [0.25, 0.3) is 0 Å². The standard InChI is InChI=1S/C22H27I2N2/c1-2-7-17(8-3-1)22(18-9-6-10-19(15-18)24-16-23-24)26-14-12-20-21(26)11-4-5-13-25-20/h1-3,6-10,15,20-22,25H,4-5,11-14,16H2/q-1/t20-,21-,22?/m1/s1. The normalized spacial score (nSPS) is 28.7. The van der Waals surface area contributed by atoms with Crippen molar-refractivity contribution >= 4 is 15.8 Å². The topological polar surface area (TPSA) is 15.3 Å². The Morgan fingerprint density at radius 2 is 1.85 bits per heavy atom. The molecular weight excluding hydrogens is 546 g/mol. The number of hydrogen-bond acceptors (Lipinski definition) is 2. The van der Waals surface area contributed by atoms with Crippen LogP contribution in [0.5, 0.6) is 0 Å². The first-order valence-electron chi connectivity index (χ1n) is 9.80.